The van der Waals surface area contributed by atoms with Crippen LogP contribution in [0.5, 0.6) is 0 Å². The van der Waals surface area contributed by atoms with E-state index >= 15 is 0 Å². The molecule has 0 radical (unpaired) electrons. The number of hydrogen-bond donors (Lipinski definition) is 0. The maximum atomic E-state index is 11.7. The zero-order valence-corrected chi connectivity index (χ0v) is 10.3. The molecule has 0 aromatic heterocycles. The lowest BCUT2D eigenvalue weighted by Crippen LogP contribution is -1.98. The summed E-state index contributed by atoms with van der Waals surface area (Å²) in [5, 5.41) is 0. The smallest absolute Gasteiger partial charge is 0.162 e. The summed E-state index contributed by atoms with van der Waals surface area (Å²) in [6.45, 7) is 4.24. The number of ketones is 1. The van der Waals surface area contributed by atoms with Crippen LogP contribution in [0.3, 0.4) is 0 Å². The Morgan fingerprint density at radius 1 is 1.20 bits per heavy atom. The van der Waals surface area contributed by atoms with E-state index in [0.29, 0.717) is 6.42 Å². The van der Waals surface area contributed by atoms with E-state index in [-0.39, 0.29) is 5.78 Å². The Hall–Kier alpha value is -0.760. The summed E-state index contributed by atoms with van der Waals surface area (Å²) in [7, 11) is 0. The fourth-order valence-electron chi connectivity index (χ4n) is 1.39. The third-order valence-corrected chi connectivity index (χ3v) is 3.14. The van der Waals surface area contributed by atoms with Gasteiger partial charge in [-0.05, 0) is 24.3 Å². The van der Waals surface area contributed by atoms with Crippen LogP contribution in [0.25, 0.3) is 0 Å². The number of carbonyl (C=O) groups is 1. The number of thioether (sulfide) groups is 1. The van der Waals surface area contributed by atoms with E-state index < -0.39 is 0 Å². The molecule has 1 rings (SSSR count). The molecule has 2 heteroatoms. The molecule has 0 aliphatic rings. The summed E-state index contributed by atoms with van der Waals surface area (Å²) in [5.74, 6) is 1.34. The molecule has 0 heterocycles. The summed E-state index contributed by atoms with van der Waals surface area (Å²) in [6, 6.07) is 7.95. The second-order valence-corrected chi connectivity index (χ2v) is 4.82. The molecule has 82 valence electrons. The van der Waals surface area contributed by atoms with Gasteiger partial charge < -0.3 is 0 Å². The Labute approximate surface area is 96.3 Å². The van der Waals surface area contributed by atoms with Gasteiger partial charge in [0.05, 0.1) is 0 Å². The Morgan fingerprint density at radius 2 is 1.87 bits per heavy atom. The highest BCUT2D eigenvalue weighted by Gasteiger charge is 2.04. The predicted octanol–water partition coefficient (Wildman–Crippen LogP) is 4.17. The van der Waals surface area contributed by atoms with Gasteiger partial charge in [0.15, 0.2) is 5.78 Å². The van der Waals surface area contributed by atoms with Crippen LogP contribution in [0.1, 0.15) is 43.5 Å². The van der Waals surface area contributed by atoms with E-state index in [1.54, 1.807) is 11.8 Å². The molecule has 0 fully saturated rings. The molecule has 0 amide bonds. The quantitative estimate of drug-likeness (QED) is 0.531. The largest absolute Gasteiger partial charge is 0.294 e. The van der Waals surface area contributed by atoms with Crippen molar-refractivity contribution in [3.8, 4) is 0 Å². The molecule has 0 aliphatic carbocycles. The Balaban J connectivity index is 2.58. The molecule has 1 nitrogen and oxygen atoms in total. The van der Waals surface area contributed by atoms with Crippen molar-refractivity contribution >= 4 is 17.5 Å². The second kappa shape index (κ2) is 6.67. The summed E-state index contributed by atoms with van der Waals surface area (Å²) < 4.78 is 0. The van der Waals surface area contributed by atoms with Crippen LogP contribution in [0.15, 0.2) is 29.2 Å². The molecule has 0 unspecified atom stereocenters. The van der Waals surface area contributed by atoms with Crippen molar-refractivity contribution in [2.24, 2.45) is 0 Å². The Morgan fingerprint density at radius 3 is 2.40 bits per heavy atom. The summed E-state index contributed by atoms with van der Waals surface area (Å²) in [6.07, 6.45) is 2.75. The van der Waals surface area contributed by atoms with Crippen LogP contribution < -0.4 is 0 Å². The van der Waals surface area contributed by atoms with Gasteiger partial charge in [0, 0.05) is 16.9 Å². The highest BCUT2D eigenvalue weighted by molar-refractivity contribution is 7.99. The van der Waals surface area contributed by atoms with Gasteiger partial charge in [-0.1, -0.05) is 32.4 Å². The number of benzene rings is 1. The van der Waals surface area contributed by atoms with Gasteiger partial charge in [-0.2, -0.15) is 0 Å². The van der Waals surface area contributed by atoms with Crippen LogP contribution in [0, 0.1) is 0 Å². The van der Waals surface area contributed by atoms with Crippen LogP contribution in [-0.2, 0) is 0 Å². The average Bonchev–Trinajstić information content (AvgIpc) is 2.27. The molecular weight excluding hydrogens is 204 g/mol. The Kier molecular flexibility index (Phi) is 5.48. The molecule has 0 saturated heterocycles. The lowest BCUT2D eigenvalue weighted by atomic mass is 10.1. The fraction of sp³-hybridized carbons (Fsp3) is 0.462. The molecule has 0 bridgehead atoms. The molecule has 0 N–H and O–H groups in total. The number of Topliss-reactive ketones (excluding diaryl/α,β-unsaturated/α-hetero) is 1. The van der Waals surface area contributed by atoms with Crippen LogP contribution in [0.4, 0.5) is 0 Å². The lowest BCUT2D eigenvalue weighted by Gasteiger charge is -2.02. The van der Waals surface area contributed by atoms with E-state index in [2.05, 4.69) is 13.8 Å². The van der Waals surface area contributed by atoms with Crippen molar-refractivity contribution in [3.05, 3.63) is 29.8 Å². The molecular formula is C13H18OS. The van der Waals surface area contributed by atoms with Gasteiger partial charge in [-0.25, -0.2) is 0 Å². The van der Waals surface area contributed by atoms with Crippen molar-refractivity contribution in [1.29, 1.82) is 0 Å². The van der Waals surface area contributed by atoms with E-state index in [0.717, 1.165) is 24.2 Å². The van der Waals surface area contributed by atoms with Crippen molar-refractivity contribution in [1.82, 2.24) is 0 Å². The normalized spacial score (nSPS) is 10.3. The number of carbonyl (C=O) groups excluding carboxylic acids is 1. The van der Waals surface area contributed by atoms with Gasteiger partial charge in [-0.3, -0.25) is 4.79 Å². The first kappa shape index (κ1) is 12.3. The van der Waals surface area contributed by atoms with Gasteiger partial charge in [0.2, 0.25) is 0 Å². The first-order valence-electron chi connectivity index (χ1n) is 5.54. The van der Waals surface area contributed by atoms with Crippen LogP contribution in [-0.4, -0.2) is 11.5 Å². The minimum Gasteiger partial charge on any atom is -0.294 e. The highest BCUT2D eigenvalue weighted by Crippen LogP contribution is 2.18. The van der Waals surface area contributed by atoms with Gasteiger partial charge in [0.1, 0.15) is 0 Å². The van der Waals surface area contributed by atoms with Crippen molar-refractivity contribution in [2.45, 2.75) is 38.0 Å². The van der Waals surface area contributed by atoms with E-state index in [1.807, 2.05) is 24.3 Å². The number of unbranched alkanes of at least 4 members (excludes halogenated alkanes) is 1. The first-order chi connectivity index (χ1) is 7.27. The third-order valence-electron chi connectivity index (χ3n) is 2.24. The fourth-order valence-corrected chi connectivity index (χ4v) is 2.05. The third kappa shape index (κ3) is 4.08. The monoisotopic (exact) mass is 222 g/mol. The van der Waals surface area contributed by atoms with Gasteiger partial charge in [0.25, 0.3) is 0 Å². The predicted molar refractivity (Wildman–Crippen MR) is 66.7 cm³/mol. The molecule has 0 spiro atoms. The average molecular weight is 222 g/mol. The summed E-state index contributed by atoms with van der Waals surface area (Å²) in [5.41, 5.74) is 0.851. The molecule has 0 atom stereocenters. The van der Waals surface area contributed by atoms with E-state index in [1.165, 1.54) is 4.90 Å². The second-order valence-electron chi connectivity index (χ2n) is 3.48. The SMILES string of the molecule is CCCCC(=O)c1ccc(SCC)cc1. The minimum absolute atomic E-state index is 0.268. The van der Waals surface area contributed by atoms with Crippen LogP contribution in [0.2, 0.25) is 0 Å². The lowest BCUT2D eigenvalue weighted by molar-refractivity contribution is 0.0979. The van der Waals surface area contributed by atoms with Crippen molar-refractivity contribution in [2.75, 3.05) is 5.75 Å². The van der Waals surface area contributed by atoms with Gasteiger partial charge >= 0.3 is 0 Å². The zero-order chi connectivity index (χ0) is 11.1. The topological polar surface area (TPSA) is 17.1 Å². The molecule has 1 aromatic rings. The summed E-state index contributed by atoms with van der Waals surface area (Å²) >= 11 is 1.80. The molecule has 1 aromatic carbocycles. The number of hydrogen-bond acceptors (Lipinski definition) is 2. The zero-order valence-electron chi connectivity index (χ0n) is 9.45. The molecule has 0 saturated carbocycles. The van der Waals surface area contributed by atoms with Crippen molar-refractivity contribution < 1.29 is 4.79 Å². The molecule has 15 heavy (non-hydrogen) atoms. The minimum atomic E-state index is 0.268. The Bertz CT molecular complexity index is 303. The summed E-state index contributed by atoms with van der Waals surface area (Å²) in [4.78, 5) is 12.9. The number of rotatable bonds is 6. The maximum absolute atomic E-state index is 11.7. The highest BCUT2D eigenvalue weighted by atomic mass is 32.2. The van der Waals surface area contributed by atoms with Gasteiger partial charge in [-0.15, -0.1) is 11.8 Å². The maximum Gasteiger partial charge on any atom is 0.162 e. The first-order valence-corrected chi connectivity index (χ1v) is 6.52. The molecule has 0 aliphatic heterocycles. The van der Waals surface area contributed by atoms with Crippen LogP contribution >= 0.6 is 11.8 Å². The standard InChI is InChI=1S/C13H18OS/c1-3-5-6-13(14)11-7-9-12(10-8-11)15-4-2/h7-10H,3-6H2,1-2H3. The van der Waals surface area contributed by atoms with Crippen molar-refractivity contribution in [3.63, 3.8) is 0 Å². The van der Waals surface area contributed by atoms with E-state index in [9.17, 15) is 4.79 Å². The van der Waals surface area contributed by atoms with E-state index in [4.69, 9.17) is 0 Å².